The van der Waals surface area contributed by atoms with Gasteiger partial charge in [-0.3, -0.25) is 14.1 Å². The van der Waals surface area contributed by atoms with Gasteiger partial charge in [0.05, 0.1) is 49.5 Å². The van der Waals surface area contributed by atoms with Crippen LogP contribution in [0.5, 0.6) is 0 Å². The van der Waals surface area contributed by atoms with E-state index in [1.807, 2.05) is 12.3 Å². The molecule has 0 saturated carbocycles. The van der Waals surface area contributed by atoms with Gasteiger partial charge < -0.3 is 8.82 Å². The van der Waals surface area contributed by atoms with Crippen molar-refractivity contribution in [1.29, 1.82) is 0 Å². The number of fused-ring (bicyclic) bond motifs is 6. The average Bonchev–Trinajstić information content (AvgIpc) is 3.92. The first-order chi connectivity index (χ1) is 25.8. The van der Waals surface area contributed by atoms with Crippen molar-refractivity contribution in [1.82, 2.24) is 23.5 Å². The summed E-state index contributed by atoms with van der Waals surface area (Å²) < 4.78 is 13.7. The monoisotopic (exact) mass is 663 g/mol. The molecule has 0 aliphatic heterocycles. The summed E-state index contributed by atoms with van der Waals surface area (Å²) >= 11 is 0. The third-order valence-corrected chi connectivity index (χ3v) is 11.2. The lowest BCUT2D eigenvalue weighted by molar-refractivity contribution is 0.669. The fourth-order valence-electron chi connectivity index (χ4n) is 9.14. The Morgan fingerprint density at radius 1 is 0.442 bits per heavy atom. The fourth-order valence-corrected chi connectivity index (χ4v) is 9.14. The van der Waals surface area contributed by atoms with Gasteiger partial charge in [0.25, 0.3) is 0 Å². The Kier molecular flexibility index (Phi) is 4.78. The first-order valence-corrected chi connectivity index (χ1v) is 17.6. The second kappa shape index (κ2) is 9.33. The van der Waals surface area contributed by atoms with Crippen molar-refractivity contribution in [2.75, 3.05) is 0 Å². The van der Waals surface area contributed by atoms with E-state index in [9.17, 15) is 0 Å². The molecule has 0 saturated heterocycles. The summed E-state index contributed by atoms with van der Waals surface area (Å²) in [4.78, 5) is 9.99. The van der Waals surface area contributed by atoms with Gasteiger partial charge in [-0.15, -0.1) is 0 Å². The lowest BCUT2D eigenvalue weighted by Gasteiger charge is -2.14. The van der Waals surface area contributed by atoms with E-state index in [1.165, 1.54) is 43.7 Å². The number of rotatable bonds is 3. The second-order valence-electron chi connectivity index (χ2n) is 13.8. The van der Waals surface area contributed by atoms with Crippen molar-refractivity contribution in [2.45, 2.75) is 0 Å². The van der Waals surface area contributed by atoms with Crippen LogP contribution in [0.1, 0.15) is 0 Å². The van der Waals surface area contributed by atoms with Crippen LogP contribution in [-0.4, -0.2) is 23.5 Å². The number of aromatic nitrogens is 5. The van der Waals surface area contributed by atoms with Gasteiger partial charge in [-0.25, -0.2) is 4.98 Å². The maximum Gasteiger partial charge on any atom is 0.220 e. The Labute approximate surface area is 294 Å². The molecule has 0 aliphatic carbocycles. The molecule has 0 aliphatic rings. The molecular weight excluding hydrogens is 639 g/mol. The third kappa shape index (κ3) is 3.17. The van der Waals surface area contributed by atoms with Crippen LogP contribution < -0.4 is 0 Å². The molecule has 6 nitrogen and oxygen atoms in total. The minimum atomic E-state index is 0.843. The van der Waals surface area contributed by atoms with Gasteiger partial charge in [-0.05, 0) is 90.0 Å². The highest BCUT2D eigenvalue weighted by atomic mass is 16.3. The maximum absolute atomic E-state index is 6.62. The minimum absolute atomic E-state index is 0.843. The van der Waals surface area contributed by atoms with Gasteiger partial charge in [0.2, 0.25) is 5.95 Å². The van der Waals surface area contributed by atoms with E-state index in [0.29, 0.717) is 0 Å². The molecule has 0 N–H and O–H groups in total. The van der Waals surface area contributed by atoms with Crippen LogP contribution >= 0.6 is 0 Å². The number of hydrogen-bond donors (Lipinski definition) is 0. The summed E-state index contributed by atoms with van der Waals surface area (Å²) in [6.07, 6.45) is 1.89. The van der Waals surface area contributed by atoms with E-state index in [1.54, 1.807) is 0 Å². The molecule has 0 unspecified atom stereocenters. The van der Waals surface area contributed by atoms with Gasteiger partial charge in [-0.2, -0.15) is 0 Å². The highest BCUT2D eigenvalue weighted by molar-refractivity contribution is 6.37. The summed E-state index contributed by atoms with van der Waals surface area (Å²) in [5, 5.41) is 8.34. The van der Waals surface area contributed by atoms with Crippen molar-refractivity contribution in [3.8, 4) is 22.8 Å². The largest absolute Gasteiger partial charge is 0.456 e. The van der Waals surface area contributed by atoms with Crippen LogP contribution in [0, 0.1) is 0 Å². The highest BCUT2D eigenvalue weighted by Crippen LogP contribution is 2.48. The Morgan fingerprint density at radius 2 is 1.15 bits per heavy atom. The standard InChI is InChI=1S/C46H25N5O/c1-3-10-32-29(8-1)28(24-25-47-32)26-16-18-27(19-17-26)49-35-13-6-4-11-33(35)48-46(49)51-37-15-7-14-36-41(37)42-38(51)21-23-39-43(42)44-40(52-39)22-20-31-30-9-2-5-12-34(30)50(36)45(31)44/h1-25H. The zero-order valence-electron chi connectivity index (χ0n) is 27.6. The predicted octanol–water partition coefficient (Wildman–Crippen LogP) is 11.7. The Bertz CT molecular complexity index is 3570. The summed E-state index contributed by atoms with van der Waals surface area (Å²) in [5.74, 6) is 0.843. The lowest BCUT2D eigenvalue weighted by atomic mass is 10.0. The first-order valence-electron chi connectivity index (χ1n) is 17.6. The molecule has 52 heavy (non-hydrogen) atoms. The molecular formula is C46H25N5O. The lowest BCUT2D eigenvalue weighted by Crippen LogP contribution is -2.05. The topological polar surface area (TPSA) is 53.2 Å². The number of para-hydroxylation sites is 4. The molecule has 0 atom stereocenters. The molecule has 0 fully saturated rings. The van der Waals surface area contributed by atoms with Crippen molar-refractivity contribution >= 4 is 93.0 Å². The Hall–Kier alpha value is -7.18. The number of nitrogens with zero attached hydrogens (tertiary/aromatic N) is 5. The third-order valence-electron chi connectivity index (χ3n) is 11.2. The Morgan fingerprint density at radius 3 is 2.06 bits per heavy atom. The minimum Gasteiger partial charge on any atom is -0.456 e. The van der Waals surface area contributed by atoms with Crippen molar-refractivity contribution in [3.05, 3.63) is 152 Å². The summed E-state index contributed by atoms with van der Waals surface area (Å²) in [6.45, 7) is 0. The van der Waals surface area contributed by atoms with Crippen LogP contribution in [0.3, 0.4) is 0 Å². The van der Waals surface area contributed by atoms with Gasteiger partial charge in [0, 0.05) is 44.2 Å². The molecule has 6 aromatic heterocycles. The van der Waals surface area contributed by atoms with Gasteiger partial charge in [0.15, 0.2) is 0 Å². The van der Waals surface area contributed by atoms with E-state index in [4.69, 9.17) is 9.40 Å². The van der Waals surface area contributed by atoms with Crippen LogP contribution in [0.4, 0.5) is 0 Å². The number of furan rings is 1. The normalized spacial score (nSPS) is 12.6. The first kappa shape index (κ1) is 26.7. The molecule has 13 aromatic rings. The van der Waals surface area contributed by atoms with E-state index in [0.717, 1.165) is 72.1 Å². The molecule has 0 radical (unpaired) electrons. The molecule has 13 rings (SSSR count). The van der Waals surface area contributed by atoms with Crippen LogP contribution in [-0.2, 0) is 0 Å². The fraction of sp³-hybridized carbons (Fsp3) is 0. The molecule has 240 valence electrons. The summed E-state index contributed by atoms with van der Waals surface area (Å²) in [6, 6.07) is 51.8. The van der Waals surface area contributed by atoms with E-state index < -0.39 is 0 Å². The molecule has 0 spiro atoms. The van der Waals surface area contributed by atoms with Gasteiger partial charge in [-0.1, -0.05) is 66.7 Å². The maximum atomic E-state index is 6.62. The highest BCUT2D eigenvalue weighted by Gasteiger charge is 2.27. The summed E-state index contributed by atoms with van der Waals surface area (Å²) in [7, 11) is 0. The van der Waals surface area contributed by atoms with Crippen molar-refractivity contribution in [3.63, 3.8) is 0 Å². The zero-order valence-corrected chi connectivity index (χ0v) is 27.6. The number of benzene rings is 7. The molecule has 6 heteroatoms. The molecule has 0 bridgehead atoms. The predicted molar refractivity (Wildman–Crippen MR) is 212 cm³/mol. The second-order valence-corrected chi connectivity index (χ2v) is 13.8. The smallest absolute Gasteiger partial charge is 0.220 e. The van der Waals surface area contributed by atoms with Gasteiger partial charge in [0.1, 0.15) is 11.2 Å². The van der Waals surface area contributed by atoms with Gasteiger partial charge >= 0.3 is 0 Å². The van der Waals surface area contributed by atoms with Crippen molar-refractivity contribution in [2.24, 2.45) is 0 Å². The number of hydrogen-bond acceptors (Lipinski definition) is 3. The molecule has 0 amide bonds. The summed E-state index contributed by atoms with van der Waals surface area (Å²) in [5.41, 5.74) is 13.9. The number of imidazole rings is 1. The average molecular weight is 664 g/mol. The van der Waals surface area contributed by atoms with Crippen LogP contribution in [0.25, 0.3) is 116 Å². The van der Waals surface area contributed by atoms with E-state index in [-0.39, 0.29) is 0 Å². The Balaban J connectivity index is 1.15. The molecule has 7 aromatic carbocycles. The van der Waals surface area contributed by atoms with Crippen LogP contribution in [0.2, 0.25) is 0 Å². The zero-order chi connectivity index (χ0) is 33.7. The van der Waals surface area contributed by atoms with Crippen LogP contribution in [0.15, 0.2) is 156 Å². The quantitative estimate of drug-likeness (QED) is 0.189. The molecule has 6 heterocycles. The van der Waals surface area contributed by atoms with Crippen molar-refractivity contribution < 1.29 is 4.42 Å². The van der Waals surface area contributed by atoms with E-state index in [2.05, 4.69) is 158 Å². The number of pyridine rings is 1. The SMILES string of the molecule is c1ccc2c(-c3ccc(-n4c(-n5c6ccc7oc8ccc9c%10ccccc%10n%10c%11cccc5c%11c6c7c8c9%10)nc5ccccc54)cc3)ccnc2c1. The van der Waals surface area contributed by atoms with E-state index >= 15 is 0 Å².